The molecule has 1 N–H and O–H groups in total. The van der Waals surface area contributed by atoms with Crippen LogP contribution in [-0.2, 0) is 6.42 Å². The summed E-state index contributed by atoms with van der Waals surface area (Å²) in [7, 11) is 0. The van der Waals surface area contributed by atoms with Gasteiger partial charge in [0, 0.05) is 17.5 Å². The molecule has 2 nitrogen and oxygen atoms in total. The third-order valence-electron chi connectivity index (χ3n) is 2.99. The summed E-state index contributed by atoms with van der Waals surface area (Å²) in [6.45, 7) is 0. The molecular formula is C13H10O2. The third-order valence-corrected chi connectivity index (χ3v) is 2.99. The molecule has 0 atom stereocenters. The molecule has 2 heteroatoms. The van der Waals surface area contributed by atoms with Crippen LogP contribution in [0.3, 0.4) is 0 Å². The molecule has 0 radical (unpaired) electrons. The van der Waals surface area contributed by atoms with Crippen molar-refractivity contribution < 1.29 is 9.90 Å². The van der Waals surface area contributed by atoms with Gasteiger partial charge in [0.2, 0.25) is 0 Å². The lowest BCUT2D eigenvalue weighted by Crippen LogP contribution is -1.91. The zero-order chi connectivity index (χ0) is 10.4. The quantitative estimate of drug-likeness (QED) is 0.706. The first kappa shape index (κ1) is 8.48. The Kier molecular flexibility index (Phi) is 1.60. The van der Waals surface area contributed by atoms with E-state index in [0.717, 1.165) is 28.7 Å². The third kappa shape index (κ3) is 1.08. The standard InChI is InChI=1S/C13H10O2/c14-10-4-2-1-3-8-7-9-5-6-11(15)13(9)12(8)10/h1-4,7,14H,5-6H2. The molecule has 0 fully saturated rings. The maximum Gasteiger partial charge on any atom is 0.164 e. The molecule has 0 amide bonds. The number of Topliss-reactive ketones (excluding diaryl/α,β-unsaturated/α-hetero) is 1. The lowest BCUT2D eigenvalue weighted by molar-refractivity contribution is 0.0995. The van der Waals surface area contributed by atoms with Crippen LogP contribution in [0, 0.1) is 0 Å². The Morgan fingerprint density at radius 3 is 2.73 bits per heavy atom. The second-order valence-electron chi connectivity index (χ2n) is 3.90. The lowest BCUT2D eigenvalue weighted by Gasteiger charge is -1.99. The highest BCUT2D eigenvalue weighted by Gasteiger charge is 2.28. The zero-order valence-electron chi connectivity index (χ0n) is 8.16. The van der Waals surface area contributed by atoms with Gasteiger partial charge in [-0.25, -0.2) is 0 Å². The summed E-state index contributed by atoms with van der Waals surface area (Å²) in [5, 5.41) is 9.85. The van der Waals surface area contributed by atoms with E-state index in [1.165, 1.54) is 0 Å². The smallest absolute Gasteiger partial charge is 0.164 e. The first-order valence-corrected chi connectivity index (χ1v) is 5.04. The lowest BCUT2D eigenvalue weighted by atomic mass is 10.1. The van der Waals surface area contributed by atoms with Crippen molar-refractivity contribution in [3.63, 3.8) is 0 Å². The second-order valence-corrected chi connectivity index (χ2v) is 3.90. The predicted molar refractivity (Wildman–Crippen MR) is 57.4 cm³/mol. The number of carbonyl (C=O) groups excluding carboxylic acids is 1. The summed E-state index contributed by atoms with van der Waals surface area (Å²) < 4.78 is 0. The number of rotatable bonds is 0. The van der Waals surface area contributed by atoms with Gasteiger partial charge in [-0.3, -0.25) is 4.79 Å². The fourth-order valence-corrected chi connectivity index (χ4v) is 2.32. The van der Waals surface area contributed by atoms with Gasteiger partial charge in [0.05, 0.1) is 0 Å². The Hall–Kier alpha value is -1.83. The van der Waals surface area contributed by atoms with Crippen molar-refractivity contribution in [2.75, 3.05) is 0 Å². The van der Waals surface area contributed by atoms with Gasteiger partial charge in [0.25, 0.3) is 0 Å². The van der Waals surface area contributed by atoms with E-state index in [1.807, 2.05) is 18.2 Å². The molecule has 0 aromatic carbocycles. The zero-order valence-corrected chi connectivity index (χ0v) is 8.16. The Morgan fingerprint density at radius 2 is 1.87 bits per heavy atom. The summed E-state index contributed by atoms with van der Waals surface area (Å²) in [5.74, 6) is 0.355. The van der Waals surface area contributed by atoms with Crippen molar-refractivity contribution in [1.29, 1.82) is 0 Å². The largest absolute Gasteiger partial charge is 0.507 e. The van der Waals surface area contributed by atoms with Crippen molar-refractivity contribution in [3.8, 4) is 16.9 Å². The summed E-state index contributed by atoms with van der Waals surface area (Å²) in [5.41, 5.74) is 3.49. The van der Waals surface area contributed by atoms with Crippen LogP contribution in [0.15, 0.2) is 30.3 Å². The summed E-state index contributed by atoms with van der Waals surface area (Å²) in [6, 6.07) is 9.23. The minimum atomic E-state index is 0.154. The maximum atomic E-state index is 11.7. The number of hydrogen-bond donors (Lipinski definition) is 1. The molecule has 15 heavy (non-hydrogen) atoms. The van der Waals surface area contributed by atoms with Crippen LogP contribution < -0.4 is 0 Å². The maximum absolute atomic E-state index is 11.7. The molecule has 74 valence electrons. The van der Waals surface area contributed by atoms with E-state index in [0.29, 0.717) is 6.42 Å². The summed E-state index contributed by atoms with van der Waals surface area (Å²) in [4.78, 5) is 11.7. The van der Waals surface area contributed by atoms with E-state index in [-0.39, 0.29) is 11.5 Å². The number of hydrogen-bond acceptors (Lipinski definition) is 2. The molecule has 0 unspecified atom stereocenters. The first-order chi connectivity index (χ1) is 7.27. The SMILES string of the molecule is O=C1CCc2cc3ccccc(O)c-3c21. The highest BCUT2D eigenvalue weighted by Crippen LogP contribution is 2.41. The van der Waals surface area contributed by atoms with E-state index < -0.39 is 0 Å². The second kappa shape index (κ2) is 2.83. The van der Waals surface area contributed by atoms with Crippen LogP contribution in [0.5, 0.6) is 5.75 Å². The molecule has 3 rings (SSSR count). The van der Waals surface area contributed by atoms with Gasteiger partial charge in [-0.1, -0.05) is 24.3 Å². The topological polar surface area (TPSA) is 37.3 Å². The molecular weight excluding hydrogens is 188 g/mol. The normalized spacial score (nSPS) is 14.5. The van der Waals surface area contributed by atoms with E-state index in [4.69, 9.17) is 0 Å². The van der Waals surface area contributed by atoms with Gasteiger partial charge >= 0.3 is 0 Å². The molecule has 0 aromatic heterocycles. The summed E-state index contributed by atoms with van der Waals surface area (Å²) in [6.07, 6.45) is 1.39. The molecule has 0 saturated heterocycles. The van der Waals surface area contributed by atoms with Gasteiger partial charge in [-0.2, -0.15) is 0 Å². The minimum absolute atomic E-state index is 0.154. The van der Waals surface area contributed by atoms with E-state index in [1.54, 1.807) is 12.1 Å². The van der Waals surface area contributed by atoms with Crippen LogP contribution in [0.4, 0.5) is 0 Å². The Bertz CT molecular complexity index is 528. The number of ketones is 1. The van der Waals surface area contributed by atoms with Crippen molar-refractivity contribution in [1.82, 2.24) is 0 Å². The van der Waals surface area contributed by atoms with Crippen LogP contribution in [-0.4, -0.2) is 10.9 Å². The van der Waals surface area contributed by atoms with E-state index >= 15 is 0 Å². The van der Waals surface area contributed by atoms with Crippen LogP contribution in [0.1, 0.15) is 22.3 Å². The average molecular weight is 198 g/mol. The van der Waals surface area contributed by atoms with Crippen LogP contribution in [0.25, 0.3) is 11.1 Å². The molecule has 3 aliphatic carbocycles. The highest BCUT2D eigenvalue weighted by molar-refractivity contribution is 6.09. The van der Waals surface area contributed by atoms with Crippen molar-refractivity contribution in [2.24, 2.45) is 0 Å². The van der Waals surface area contributed by atoms with Crippen molar-refractivity contribution in [3.05, 3.63) is 41.5 Å². The molecule has 3 aliphatic rings. The molecule has 0 saturated carbocycles. The fraction of sp³-hybridized carbons (Fsp3) is 0.154. The van der Waals surface area contributed by atoms with Crippen LogP contribution in [0.2, 0.25) is 0 Å². The Balaban J connectivity index is 2.42. The van der Waals surface area contributed by atoms with Crippen LogP contribution >= 0.6 is 0 Å². The first-order valence-electron chi connectivity index (χ1n) is 5.04. The van der Waals surface area contributed by atoms with Gasteiger partial charge in [0.15, 0.2) is 5.78 Å². The number of fused-ring (bicyclic) bond motifs is 3. The Morgan fingerprint density at radius 1 is 1.07 bits per heavy atom. The Labute approximate surface area is 87.5 Å². The fourth-order valence-electron chi connectivity index (χ4n) is 2.32. The number of aromatic hydroxyl groups is 1. The predicted octanol–water partition coefficient (Wildman–Crippen LogP) is 2.63. The molecule has 0 aromatic rings. The van der Waals surface area contributed by atoms with Crippen molar-refractivity contribution >= 4 is 5.78 Å². The van der Waals surface area contributed by atoms with Gasteiger partial charge in [-0.15, -0.1) is 0 Å². The molecule has 0 heterocycles. The minimum Gasteiger partial charge on any atom is -0.507 e. The van der Waals surface area contributed by atoms with Gasteiger partial charge < -0.3 is 5.11 Å². The molecule has 0 bridgehead atoms. The average Bonchev–Trinajstić information content (AvgIpc) is 2.69. The summed E-state index contributed by atoms with van der Waals surface area (Å²) >= 11 is 0. The number of carbonyl (C=O) groups is 1. The van der Waals surface area contributed by atoms with E-state index in [2.05, 4.69) is 0 Å². The monoisotopic (exact) mass is 198 g/mol. The van der Waals surface area contributed by atoms with Crippen molar-refractivity contribution in [2.45, 2.75) is 12.8 Å². The van der Waals surface area contributed by atoms with Gasteiger partial charge in [-0.05, 0) is 23.6 Å². The number of aryl methyl sites for hydroxylation is 1. The molecule has 0 aliphatic heterocycles. The highest BCUT2D eigenvalue weighted by atomic mass is 16.3. The van der Waals surface area contributed by atoms with E-state index in [9.17, 15) is 9.90 Å². The van der Waals surface area contributed by atoms with Gasteiger partial charge in [0.1, 0.15) is 5.75 Å². The molecule has 0 spiro atoms.